The van der Waals surface area contributed by atoms with Gasteiger partial charge in [-0.25, -0.2) is 12.2 Å². The summed E-state index contributed by atoms with van der Waals surface area (Å²) < 4.78 is 1.81. The minimum Gasteiger partial charge on any atom is -0.179 e. The van der Waals surface area contributed by atoms with Crippen LogP contribution in [-0.2, 0) is 30.7 Å². The van der Waals surface area contributed by atoms with Gasteiger partial charge in [0.15, 0.2) is 0 Å². The van der Waals surface area contributed by atoms with Crippen molar-refractivity contribution in [1.29, 1.82) is 0 Å². The van der Waals surface area contributed by atoms with Crippen LogP contribution in [0.3, 0.4) is 0 Å². The van der Waals surface area contributed by atoms with E-state index in [-0.39, 0.29) is 0 Å². The van der Waals surface area contributed by atoms with E-state index in [2.05, 4.69) is 109 Å². The van der Waals surface area contributed by atoms with Gasteiger partial charge in [0, 0.05) is 0 Å². The summed E-state index contributed by atoms with van der Waals surface area (Å²) in [4.78, 5) is 0. The van der Waals surface area contributed by atoms with E-state index in [1.54, 1.807) is 24.2 Å². The van der Waals surface area contributed by atoms with Crippen molar-refractivity contribution in [2.45, 2.75) is 51.4 Å². The predicted octanol–water partition coefficient (Wildman–Crippen LogP) is 9.76. The van der Waals surface area contributed by atoms with Crippen molar-refractivity contribution in [3.05, 3.63) is 132 Å². The Kier molecular flexibility index (Phi) is 9.68. The average molecular weight is 570 g/mol. The quantitative estimate of drug-likeness (QED) is 0.147. The standard InChI is InChI=1S/C25H17.C7H12.C5H5.Zr/c1-3-7-18(8-4-1)20-11-13-22-15-23-14-12-21(17-25(23)24(22)16-20)19-9-5-2-6-10-19;1-2-4-6-7-5-3-1;1-2-4-5-3-1;/h1-13,16-17H,15H2;1-6H2;1-3H,4H2;/q-1;;-1;+2. The number of benzene rings is 4. The molecule has 0 aliphatic heterocycles. The zero-order chi connectivity index (χ0) is 26.0. The minimum atomic E-state index is 0.981. The summed E-state index contributed by atoms with van der Waals surface area (Å²) >= 11 is 1.69. The van der Waals surface area contributed by atoms with E-state index < -0.39 is 0 Å². The topological polar surface area (TPSA) is 0 Å². The van der Waals surface area contributed by atoms with Gasteiger partial charge in [-0.15, -0.1) is 17.5 Å². The second-order valence-corrected chi connectivity index (χ2v) is 11.8. The van der Waals surface area contributed by atoms with Crippen LogP contribution in [0.1, 0.15) is 56.1 Å². The first kappa shape index (κ1) is 26.7. The SMILES string of the molecule is [C-]1=CC=CC1.[Zr+2]=[C]1CCCCCC1.[c-]1cc(-c2ccccc2)cc2c1Cc1ccc(-c3ccccc3)cc1-2. The molecule has 0 radical (unpaired) electrons. The van der Waals surface area contributed by atoms with Gasteiger partial charge in [0.2, 0.25) is 0 Å². The molecule has 1 fully saturated rings. The fourth-order valence-corrected chi connectivity index (χ4v) is 6.06. The minimum absolute atomic E-state index is 0.981. The molecule has 0 amide bonds. The molecule has 3 aliphatic carbocycles. The molecular formula is C37H34Zr. The first-order valence-corrected chi connectivity index (χ1v) is 15.1. The number of hydrogen-bond donors (Lipinski definition) is 0. The fourth-order valence-electron chi connectivity index (χ4n) is 5.19. The Morgan fingerprint density at radius 3 is 1.89 bits per heavy atom. The molecule has 0 unspecified atom stereocenters. The molecule has 0 spiro atoms. The van der Waals surface area contributed by atoms with Gasteiger partial charge in [0.05, 0.1) is 0 Å². The zero-order valence-electron chi connectivity index (χ0n) is 22.0. The molecule has 0 bridgehead atoms. The summed E-state index contributed by atoms with van der Waals surface area (Å²) in [7, 11) is 0. The van der Waals surface area contributed by atoms with Crippen molar-refractivity contribution in [1.82, 2.24) is 0 Å². The fraction of sp³-hybridized carbons (Fsp3) is 0.216. The molecule has 0 N–H and O–H groups in total. The summed E-state index contributed by atoms with van der Waals surface area (Å²) in [5, 5.41) is 0. The molecule has 7 rings (SSSR count). The van der Waals surface area contributed by atoms with E-state index in [0.717, 1.165) is 12.8 Å². The molecule has 1 saturated carbocycles. The van der Waals surface area contributed by atoms with Crippen LogP contribution < -0.4 is 0 Å². The van der Waals surface area contributed by atoms with Gasteiger partial charge < -0.3 is 0 Å². The predicted molar refractivity (Wildman–Crippen MR) is 159 cm³/mol. The van der Waals surface area contributed by atoms with Crippen molar-refractivity contribution in [2.24, 2.45) is 0 Å². The number of fused-ring (bicyclic) bond motifs is 3. The van der Waals surface area contributed by atoms with Gasteiger partial charge in [0.25, 0.3) is 0 Å². The molecule has 4 aromatic carbocycles. The summed E-state index contributed by atoms with van der Waals surface area (Å²) in [5.41, 5.74) is 10.4. The second kappa shape index (κ2) is 13.8. The van der Waals surface area contributed by atoms with E-state index >= 15 is 0 Å². The van der Waals surface area contributed by atoms with Crippen LogP contribution in [-0.4, -0.2) is 3.21 Å². The second-order valence-electron chi connectivity index (χ2n) is 10.1. The number of rotatable bonds is 2. The number of hydrogen-bond acceptors (Lipinski definition) is 0. The van der Waals surface area contributed by atoms with E-state index in [1.165, 1.54) is 83.0 Å². The summed E-state index contributed by atoms with van der Waals surface area (Å²) in [6.45, 7) is 0. The third kappa shape index (κ3) is 7.15. The molecular weight excluding hydrogens is 536 g/mol. The molecule has 0 atom stereocenters. The van der Waals surface area contributed by atoms with Crippen molar-refractivity contribution in [2.75, 3.05) is 0 Å². The molecule has 0 saturated heterocycles. The van der Waals surface area contributed by atoms with E-state index in [0.29, 0.717) is 0 Å². The van der Waals surface area contributed by atoms with Crippen LogP contribution >= 0.6 is 0 Å². The first-order valence-electron chi connectivity index (χ1n) is 13.8. The Bertz CT molecular complexity index is 1300. The van der Waals surface area contributed by atoms with Crippen molar-refractivity contribution in [3.8, 4) is 33.4 Å². The molecule has 4 aromatic rings. The van der Waals surface area contributed by atoms with Crippen LogP contribution in [0.5, 0.6) is 0 Å². The maximum Gasteiger partial charge on any atom is -0.0184 e. The molecule has 1 heteroatoms. The molecule has 3 aliphatic rings. The monoisotopic (exact) mass is 568 g/mol. The summed E-state index contributed by atoms with van der Waals surface area (Å²) in [6, 6.07) is 35.9. The Morgan fingerprint density at radius 1 is 0.632 bits per heavy atom. The summed E-state index contributed by atoms with van der Waals surface area (Å²) in [5.74, 6) is 0. The molecule has 0 aromatic heterocycles. The van der Waals surface area contributed by atoms with Gasteiger partial charge >= 0.3 is 66.0 Å². The van der Waals surface area contributed by atoms with Crippen LogP contribution in [0.25, 0.3) is 33.4 Å². The van der Waals surface area contributed by atoms with Crippen LogP contribution in [0, 0.1) is 12.1 Å². The van der Waals surface area contributed by atoms with E-state index in [1.807, 2.05) is 15.4 Å². The Balaban J connectivity index is 0.000000185. The van der Waals surface area contributed by atoms with Gasteiger partial charge in [0.1, 0.15) is 0 Å². The van der Waals surface area contributed by atoms with Crippen LogP contribution in [0.15, 0.2) is 109 Å². The normalized spacial score (nSPS) is 14.9. The Labute approximate surface area is 243 Å². The third-order valence-electron chi connectivity index (χ3n) is 7.30. The van der Waals surface area contributed by atoms with Gasteiger partial charge in [-0.3, -0.25) is 6.08 Å². The maximum absolute atomic E-state index is 3.52. The Hall–Kier alpha value is -2.89. The number of allylic oxidation sites excluding steroid dienone is 4. The van der Waals surface area contributed by atoms with Crippen LogP contribution in [0.4, 0.5) is 0 Å². The maximum atomic E-state index is 3.52. The molecule has 186 valence electrons. The van der Waals surface area contributed by atoms with Crippen molar-refractivity contribution >= 4 is 3.21 Å². The smallest absolute Gasteiger partial charge is 0.0184 e. The van der Waals surface area contributed by atoms with Crippen LogP contribution in [0.2, 0.25) is 0 Å². The van der Waals surface area contributed by atoms with E-state index in [9.17, 15) is 0 Å². The molecule has 0 heterocycles. The van der Waals surface area contributed by atoms with Gasteiger partial charge in [-0.2, -0.15) is 29.8 Å². The molecule has 0 nitrogen and oxygen atoms in total. The van der Waals surface area contributed by atoms with E-state index in [4.69, 9.17) is 0 Å². The Morgan fingerprint density at radius 2 is 1.29 bits per heavy atom. The first-order chi connectivity index (χ1) is 18.8. The van der Waals surface area contributed by atoms with Gasteiger partial charge in [-0.05, 0) is 17.5 Å². The zero-order valence-corrected chi connectivity index (χ0v) is 24.5. The van der Waals surface area contributed by atoms with Gasteiger partial charge in [-0.1, -0.05) is 95.6 Å². The summed E-state index contributed by atoms with van der Waals surface area (Å²) in [6.07, 6.45) is 19.8. The average Bonchev–Trinajstić information content (AvgIpc) is 3.62. The third-order valence-corrected chi connectivity index (χ3v) is 8.53. The largest absolute Gasteiger partial charge is 0.179 e. The van der Waals surface area contributed by atoms with Crippen molar-refractivity contribution in [3.63, 3.8) is 0 Å². The molecule has 38 heavy (non-hydrogen) atoms. The van der Waals surface area contributed by atoms with Crippen molar-refractivity contribution < 1.29 is 24.2 Å².